The molecule has 1 saturated heterocycles. The summed E-state index contributed by atoms with van der Waals surface area (Å²) in [5, 5.41) is 12.3. The third kappa shape index (κ3) is 2.19. The van der Waals surface area contributed by atoms with Gasteiger partial charge in [-0.05, 0) is 36.7 Å². The van der Waals surface area contributed by atoms with E-state index in [-0.39, 0.29) is 11.8 Å². The third-order valence-corrected chi connectivity index (χ3v) is 5.97. The van der Waals surface area contributed by atoms with E-state index >= 15 is 0 Å². The summed E-state index contributed by atoms with van der Waals surface area (Å²) >= 11 is 1.73. The van der Waals surface area contributed by atoms with Crippen LogP contribution >= 0.6 is 11.3 Å². The monoisotopic (exact) mass is 293 g/mol. The second-order valence-electron chi connectivity index (χ2n) is 6.82. The molecule has 0 bridgehead atoms. The number of amides is 1. The molecule has 20 heavy (non-hydrogen) atoms. The van der Waals surface area contributed by atoms with Crippen molar-refractivity contribution in [2.75, 3.05) is 13.1 Å². The lowest BCUT2D eigenvalue weighted by Crippen LogP contribution is -2.66. The number of aliphatic hydroxyl groups is 1. The molecule has 1 aliphatic carbocycles. The lowest BCUT2D eigenvalue weighted by molar-refractivity contribution is -0.110. The molecule has 4 heteroatoms. The molecule has 2 heterocycles. The highest BCUT2D eigenvalue weighted by molar-refractivity contribution is 7.10. The number of likely N-dealkylation sites (tertiary alicyclic amines) is 1. The molecular weight excluding hydrogens is 270 g/mol. The summed E-state index contributed by atoms with van der Waals surface area (Å²) in [4.78, 5) is 15.8. The van der Waals surface area contributed by atoms with Crippen molar-refractivity contribution in [1.82, 2.24) is 4.90 Å². The highest BCUT2D eigenvalue weighted by Gasteiger charge is 2.46. The average molecular weight is 293 g/mol. The van der Waals surface area contributed by atoms with E-state index in [0.717, 1.165) is 24.3 Å². The van der Waals surface area contributed by atoms with Crippen molar-refractivity contribution in [3.8, 4) is 0 Å². The van der Waals surface area contributed by atoms with Crippen LogP contribution in [0.1, 0.15) is 48.0 Å². The Balaban J connectivity index is 1.74. The first-order valence-corrected chi connectivity index (χ1v) is 8.39. The number of carbonyl (C=O) groups excluding carboxylic acids is 1. The zero-order valence-electron chi connectivity index (χ0n) is 12.5. The van der Waals surface area contributed by atoms with E-state index < -0.39 is 5.60 Å². The molecule has 1 unspecified atom stereocenters. The second kappa shape index (κ2) is 4.85. The second-order valence-corrected chi connectivity index (χ2v) is 7.78. The molecule has 1 amide bonds. The van der Waals surface area contributed by atoms with Crippen LogP contribution in [0.5, 0.6) is 0 Å². The maximum absolute atomic E-state index is 12.6. The third-order valence-electron chi connectivity index (χ3n) is 4.92. The van der Waals surface area contributed by atoms with Gasteiger partial charge in [-0.15, -0.1) is 11.3 Å². The van der Waals surface area contributed by atoms with Gasteiger partial charge in [-0.3, -0.25) is 4.79 Å². The first-order chi connectivity index (χ1) is 9.40. The molecule has 1 atom stereocenters. The molecule has 0 spiro atoms. The zero-order chi connectivity index (χ0) is 14.5. The van der Waals surface area contributed by atoms with Crippen LogP contribution in [0, 0.1) is 11.8 Å². The summed E-state index contributed by atoms with van der Waals surface area (Å²) in [6, 6.07) is 0. The predicted molar refractivity (Wildman–Crippen MR) is 81.2 cm³/mol. The van der Waals surface area contributed by atoms with Crippen LogP contribution in [0.15, 0.2) is 5.38 Å². The molecule has 1 aromatic rings. The van der Waals surface area contributed by atoms with Gasteiger partial charge in [-0.1, -0.05) is 20.8 Å². The zero-order valence-corrected chi connectivity index (χ0v) is 13.3. The number of thiophene rings is 1. The molecule has 0 saturated carbocycles. The molecule has 2 aliphatic rings. The van der Waals surface area contributed by atoms with Crippen molar-refractivity contribution >= 4 is 17.2 Å². The van der Waals surface area contributed by atoms with Crippen molar-refractivity contribution in [2.24, 2.45) is 11.8 Å². The number of hydrogen-bond acceptors (Lipinski definition) is 3. The molecule has 0 aromatic carbocycles. The average Bonchev–Trinajstić information content (AvgIpc) is 2.76. The molecular formula is C16H23NO2S. The smallest absolute Gasteiger partial charge is 0.255 e. The van der Waals surface area contributed by atoms with Gasteiger partial charge >= 0.3 is 0 Å². The van der Waals surface area contributed by atoms with Crippen LogP contribution in [0.3, 0.4) is 0 Å². The van der Waals surface area contributed by atoms with Gasteiger partial charge in [0.1, 0.15) is 5.60 Å². The minimum Gasteiger partial charge on any atom is -0.386 e. The summed E-state index contributed by atoms with van der Waals surface area (Å²) in [5.74, 6) is 1.05. The number of fused-ring (bicyclic) bond motifs is 1. The van der Waals surface area contributed by atoms with Gasteiger partial charge in [0.15, 0.2) is 0 Å². The van der Waals surface area contributed by atoms with Crippen LogP contribution in [0.2, 0.25) is 0 Å². The minimum absolute atomic E-state index is 0.113. The quantitative estimate of drug-likeness (QED) is 0.911. The fourth-order valence-corrected chi connectivity index (χ4v) is 4.39. The fraction of sp³-hybridized carbons (Fsp3) is 0.688. The number of nitrogens with zero attached hydrogens (tertiary/aromatic N) is 1. The molecule has 3 rings (SSSR count). The maximum atomic E-state index is 12.6. The molecule has 1 aromatic heterocycles. The van der Waals surface area contributed by atoms with E-state index in [1.54, 1.807) is 16.2 Å². The van der Waals surface area contributed by atoms with Crippen molar-refractivity contribution in [3.05, 3.63) is 21.4 Å². The maximum Gasteiger partial charge on any atom is 0.255 e. The lowest BCUT2D eigenvalue weighted by Gasteiger charge is -2.49. The van der Waals surface area contributed by atoms with E-state index in [1.165, 1.54) is 16.9 Å². The predicted octanol–water partition coefficient (Wildman–Crippen LogP) is 2.72. The number of carbonyl (C=O) groups is 1. The van der Waals surface area contributed by atoms with E-state index in [0.29, 0.717) is 13.1 Å². The first-order valence-electron chi connectivity index (χ1n) is 7.51. The van der Waals surface area contributed by atoms with Crippen LogP contribution in [-0.4, -0.2) is 34.6 Å². The highest BCUT2D eigenvalue weighted by atomic mass is 32.1. The summed E-state index contributed by atoms with van der Waals surface area (Å²) in [6.45, 7) is 7.25. The van der Waals surface area contributed by atoms with Crippen molar-refractivity contribution in [1.29, 1.82) is 0 Å². The van der Waals surface area contributed by atoms with Crippen molar-refractivity contribution in [2.45, 2.75) is 45.6 Å². The Hall–Kier alpha value is -0.870. The van der Waals surface area contributed by atoms with Gasteiger partial charge in [0.2, 0.25) is 0 Å². The molecule has 1 N–H and O–H groups in total. The summed E-state index contributed by atoms with van der Waals surface area (Å²) in [7, 11) is 0. The minimum atomic E-state index is -0.680. The van der Waals surface area contributed by atoms with Gasteiger partial charge in [0.25, 0.3) is 5.91 Å². The van der Waals surface area contributed by atoms with E-state index in [1.807, 2.05) is 19.2 Å². The van der Waals surface area contributed by atoms with Gasteiger partial charge < -0.3 is 10.0 Å². The standard InChI is InChI=1S/C16H23NO2S/c1-10(2)16(19)8-17(9-16)15(18)13-7-20-14-6-11(3)4-5-12(13)14/h7,10-11,19H,4-6,8-9H2,1-3H3. The van der Waals surface area contributed by atoms with Crippen molar-refractivity contribution < 1.29 is 9.90 Å². The normalized spacial score (nSPS) is 24.4. The Bertz CT molecular complexity index is 529. The molecule has 3 nitrogen and oxygen atoms in total. The topological polar surface area (TPSA) is 40.5 Å². The van der Waals surface area contributed by atoms with E-state index in [4.69, 9.17) is 0 Å². The largest absolute Gasteiger partial charge is 0.386 e. The molecule has 1 aliphatic heterocycles. The number of β-amino-alcohol motifs (C(OH)–C–C–N with tert-alkyl or cyclic N) is 1. The SMILES string of the molecule is CC1CCc2c(C(=O)N3CC(O)(C(C)C)C3)csc2C1. The van der Waals surface area contributed by atoms with Gasteiger partial charge in [0, 0.05) is 10.3 Å². The summed E-state index contributed by atoms with van der Waals surface area (Å²) in [6.07, 6.45) is 3.33. The lowest BCUT2D eigenvalue weighted by atomic mass is 9.82. The van der Waals surface area contributed by atoms with Crippen LogP contribution < -0.4 is 0 Å². The van der Waals surface area contributed by atoms with Crippen LogP contribution in [0.4, 0.5) is 0 Å². The molecule has 1 fully saturated rings. The summed E-state index contributed by atoms with van der Waals surface area (Å²) in [5.41, 5.74) is 1.49. The molecule has 0 radical (unpaired) electrons. The Morgan fingerprint density at radius 1 is 1.50 bits per heavy atom. The summed E-state index contributed by atoms with van der Waals surface area (Å²) < 4.78 is 0. The van der Waals surface area contributed by atoms with E-state index in [2.05, 4.69) is 6.92 Å². The van der Waals surface area contributed by atoms with Gasteiger partial charge in [-0.2, -0.15) is 0 Å². The Morgan fingerprint density at radius 2 is 2.20 bits per heavy atom. The van der Waals surface area contributed by atoms with E-state index in [9.17, 15) is 9.90 Å². The number of hydrogen-bond donors (Lipinski definition) is 1. The van der Waals surface area contributed by atoms with Gasteiger partial charge in [0.05, 0.1) is 18.7 Å². The Morgan fingerprint density at radius 3 is 2.85 bits per heavy atom. The highest BCUT2D eigenvalue weighted by Crippen LogP contribution is 2.36. The van der Waals surface area contributed by atoms with Crippen LogP contribution in [-0.2, 0) is 12.8 Å². The Kier molecular flexibility index (Phi) is 3.41. The first kappa shape index (κ1) is 14.1. The van der Waals surface area contributed by atoms with Crippen molar-refractivity contribution in [3.63, 3.8) is 0 Å². The fourth-order valence-electron chi connectivity index (χ4n) is 3.15. The van der Waals surface area contributed by atoms with Gasteiger partial charge in [-0.25, -0.2) is 0 Å². The van der Waals surface area contributed by atoms with Crippen LogP contribution in [0.25, 0.3) is 0 Å². The Labute approximate surface area is 124 Å². The number of rotatable bonds is 2. The molecule has 110 valence electrons.